The van der Waals surface area contributed by atoms with Crippen molar-refractivity contribution < 1.29 is 5.11 Å². The van der Waals surface area contributed by atoms with Gasteiger partial charge in [-0.15, -0.1) is 0 Å². The summed E-state index contributed by atoms with van der Waals surface area (Å²) < 4.78 is 0. The third kappa shape index (κ3) is 3.42. The number of allylic oxidation sites excluding steroid dienone is 1. The van der Waals surface area contributed by atoms with E-state index in [0.717, 1.165) is 41.9 Å². The summed E-state index contributed by atoms with van der Waals surface area (Å²) in [6, 6.07) is 0. The largest absolute Gasteiger partial charge is 0.389 e. The van der Waals surface area contributed by atoms with E-state index in [1.54, 1.807) is 5.57 Å². The lowest BCUT2D eigenvalue weighted by molar-refractivity contribution is -0.0626. The van der Waals surface area contributed by atoms with Gasteiger partial charge in [-0.05, 0) is 97.7 Å². The van der Waals surface area contributed by atoms with Crippen LogP contribution in [-0.2, 0) is 0 Å². The van der Waals surface area contributed by atoms with Crippen molar-refractivity contribution in [2.75, 3.05) is 0 Å². The minimum atomic E-state index is -0.170. The number of fused-ring (bicyclic) bond motifs is 5. The van der Waals surface area contributed by atoms with E-state index in [0.29, 0.717) is 10.8 Å². The third-order valence-corrected chi connectivity index (χ3v) is 10.3. The van der Waals surface area contributed by atoms with E-state index in [1.165, 1.54) is 64.2 Å². The van der Waals surface area contributed by atoms with Crippen molar-refractivity contribution in [3.05, 3.63) is 11.6 Å². The Morgan fingerprint density at radius 2 is 1.75 bits per heavy atom. The van der Waals surface area contributed by atoms with Crippen molar-refractivity contribution in [1.29, 1.82) is 0 Å². The molecule has 0 heterocycles. The molecule has 0 aromatic rings. The van der Waals surface area contributed by atoms with Gasteiger partial charge in [-0.3, -0.25) is 0 Å². The lowest BCUT2D eigenvalue weighted by Gasteiger charge is -2.59. The topological polar surface area (TPSA) is 20.2 Å². The molecule has 8 atom stereocenters. The predicted octanol–water partition coefficient (Wildman–Crippen LogP) is 7.39. The van der Waals surface area contributed by atoms with Gasteiger partial charge in [0.25, 0.3) is 0 Å². The van der Waals surface area contributed by atoms with Crippen LogP contribution < -0.4 is 0 Å². The Labute approximate surface area is 174 Å². The molecule has 160 valence electrons. The van der Waals surface area contributed by atoms with Crippen LogP contribution in [0.25, 0.3) is 0 Å². The summed E-state index contributed by atoms with van der Waals surface area (Å²) in [5.74, 6) is 5.52. The molecule has 0 aromatic carbocycles. The van der Waals surface area contributed by atoms with Gasteiger partial charge in [0.05, 0.1) is 6.10 Å². The Hall–Kier alpha value is -0.300. The van der Waals surface area contributed by atoms with E-state index >= 15 is 0 Å². The highest BCUT2D eigenvalue weighted by Crippen LogP contribution is 2.67. The molecule has 0 radical (unpaired) electrons. The molecule has 4 aliphatic carbocycles. The first-order valence-corrected chi connectivity index (χ1v) is 12.6. The summed E-state index contributed by atoms with van der Waals surface area (Å²) in [5.41, 5.74) is 2.61. The van der Waals surface area contributed by atoms with E-state index in [9.17, 15) is 5.11 Å². The van der Waals surface area contributed by atoms with E-state index in [-0.39, 0.29) is 6.10 Å². The van der Waals surface area contributed by atoms with Crippen LogP contribution in [0.1, 0.15) is 105 Å². The van der Waals surface area contributed by atoms with E-state index in [2.05, 4.69) is 40.7 Å². The molecule has 0 spiro atoms. The van der Waals surface area contributed by atoms with Gasteiger partial charge < -0.3 is 5.11 Å². The molecule has 28 heavy (non-hydrogen) atoms. The van der Waals surface area contributed by atoms with Crippen molar-refractivity contribution in [2.24, 2.45) is 46.3 Å². The van der Waals surface area contributed by atoms with Crippen molar-refractivity contribution in [1.82, 2.24) is 0 Å². The maximum atomic E-state index is 10.2. The maximum absolute atomic E-state index is 10.2. The molecular formula is C27H46O. The lowest BCUT2D eigenvalue weighted by Crippen LogP contribution is -2.51. The number of rotatable bonds is 5. The standard InChI is InChI=1S/C27H46O/c1-18(2)7-6-8-19(3)23-11-12-24-22-10-9-20-17-21(28)13-15-26(20,4)25(22)14-16-27(23,24)5/h17-19,21-25,28H,6-16H2,1-5H3/t19?,21-,22?,23?,24?,25?,26?,27?/m0/s1. The summed E-state index contributed by atoms with van der Waals surface area (Å²) in [6.45, 7) is 12.6. The highest BCUT2D eigenvalue weighted by atomic mass is 16.3. The van der Waals surface area contributed by atoms with E-state index in [4.69, 9.17) is 0 Å². The fourth-order valence-corrected chi connectivity index (χ4v) is 8.73. The fourth-order valence-electron chi connectivity index (χ4n) is 8.73. The van der Waals surface area contributed by atoms with Crippen LogP contribution in [-0.4, -0.2) is 11.2 Å². The zero-order valence-corrected chi connectivity index (χ0v) is 19.3. The summed E-state index contributed by atoms with van der Waals surface area (Å²) in [6.07, 6.45) is 17.1. The van der Waals surface area contributed by atoms with Crippen LogP contribution >= 0.6 is 0 Å². The van der Waals surface area contributed by atoms with Crippen LogP contribution in [0.15, 0.2) is 11.6 Å². The first-order valence-electron chi connectivity index (χ1n) is 12.6. The minimum absolute atomic E-state index is 0.170. The SMILES string of the molecule is CC(C)CCCC(C)C1CCC2C3CCC4=C[C@@H](O)CCC4(C)C3CCC12C. The first-order chi connectivity index (χ1) is 13.3. The van der Waals surface area contributed by atoms with Crippen LogP contribution in [0, 0.1) is 46.3 Å². The predicted molar refractivity (Wildman–Crippen MR) is 119 cm³/mol. The highest BCUT2D eigenvalue weighted by Gasteiger charge is 2.59. The molecule has 1 heteroatoms. The average Bonchev–Trinajstić information content (AvgIpc) is 2.99. The minimum Gasteiger partial charge on any atom is -0.389 e. The monoisotopic (exact) mass is 386 g/mol. The molecule has 4 aliphatic rings. The number of hydrogen-bond acceptors (Lipinski definition) is 1. The van der Waals surface area contributed by atoms with Crippen LogP contribution in [0.4, 0.5) is 0 Å². The van der Waals surface area contributed by atoms with Gasteiger partial charge in [0.2, 0.25) is 0 Å². The second-order valence-corrected chi connectivity index (χ2v) is 12.2. The molecule has 0 amide bonds. The Bertz CT molecular complexity index is 591. The van der Waals surface area contributed by atoms with Crippen LogP contribution in [0.5, 0.6) is 0 Å². The Morgan fingerprint density at radius 3 is 2.50 bits per heavy atom. The number of aliphatic hydroxyl groups is 1. The summed E-state index contributed by atoms with van der Waals surface area (Å²) in [5, 5.41) is 10.2. The van der Waals surface area contributed by atoms with Crippen LogP contribution in [0.2, 0.25) is 0 Å². The van der Waals surface area contributed by atoms with Gasteiger partial charge >= 0.3 is 0 Å². The molecular weight excluding hydrogens is 340 g/mol. The molecule has 0 aliphatic heterocycles. The second-order valence-electron chi connectivity index (χ2n) is 12.2. The molecule has 0 saturated heterocycles. The van der Waals surface area contributed by atoms with Gasteiger partial charge in [-0.1, -0.05) is 65.5 Å². The number of aliphatic hydroxyl groups excluding tert-OH is 1. The number of hydrogen-bond donors (Lipinski definition) is 1. The third-order valence-electron chi connectivity index (χ3n) is 10.3. The first kappa shape index (κ1) is 21.0. The average molecular weight is 387 g/mol. The highest BCUT2D eigenvalue weighted by molar-refractivity contribution is 5.25. The van der Waals surface area contributed by atoms with Crippen LogP contribution in [0.3, 0.4) is 0 Å². The molecule has 1 N–H and O–H groups in total. The fraction of sp³-hybridized carbons (Fsp3) is 0.926. The van der Waals surface area contributed by atoms with Gasteiger partial charge in [0, 0.05) is 0 Å². The molecule has 3 saturated carbocycles. The normalized spacial score (nSPS) is 46.5. The zero-order chi connectivity index (χ0) is 20.1. The quantitative estimate of drug-likeness (QED) is 0.488. The maximum Gasteiger partial charge on any atom is 0.0724 e. The van der Waals surface area contributed by atoms with Crippen molar-refractivity contribution in [3.8, 4) is 0 Å². The van der Waals surface area contributed by atoms with E-state index in [1.807, 2.05) is 0 Å². The summed E-state index contributed by atoms with van der Waals surface area (Å²) >= 11 is 0. The molecule has 0 aromatic heterocycles. The Morgan fingerprint density at radius 1 is 0.964 bits per heavy atom. The van der Waals surface area contributed by atoms with Gasteiger partial charge in [-0.2, -0.15) is 0 Å². The lowest BCUT2D eigenvalue weighted by atomic mass is 9.46. The Balaban J connectivity index is 1.48. The molecule has 7 unspecified atom stereocenters. The van der Waals surface area contributed by atoms with Crippen molar-refractivity contribution >= 4 is 0 Å². The summed E-state index contributed by atoms with van der Waals surface area (Å²) in [7, 11) is 0. The molecule has 0 bridgehead atoms. The second kappa shape index (κ2) is 7.75. The van der Waals surface area contributed by atoms with Gasteiger partial charge in [0.1, 0.15) is 0 Å². The molecule has 1 nitrogen and oxygen atoms in total. The Kier molecular flexibility index (Phi) is 5.80. The van der Waals surface area contributed by atoms with E-state index < -0.39 is 0 Å². The smallest absolute Gasteiger partial charge is 0.0724 e. The van der Waals surface area contributed by atoms with Gasteiger partial charge in [-0.25, -0.2) is 0 Å². The molecule has 3 fully saturated rings. The zero-order valence-electron chi connectivity index (χ0n) is 19.3. The van der Waals surface area contributed by atoms with Gasteiger partial charge in [0.15, 0.2) is 0 Å². The van der Waals surface area contributed by atoms with Crippen molar-refractivity contribution in [3.63, 3.8) is 0 Å². The molecule has 4 rings (SSSR count). The summed E-state index contributed by atoms with van der Waals surface area (Å²) in [4.78, 5) is 0. The van der Waals surface area contributed by atoms with Crippen molar-refractivity contribution in [2.45, 2.75) is 111 Å².